The number of pyridine rings is 2. The van der Waals surface area contributed by atoms with Gasteiger partial charge in [-0.2, -0.15) is 26.3 Å². The predicted octanol–water partition coefficient (Wildman–Crippen LogP) is 6.31. The molecule has 0 aliphatic rings. The number of alkyl halides is 6. The molecule has 6 rings (SSSR count). The number of oxazole rings is 2. The molecular weight excluding hydrogens is 772 g/mol. The van der Waals surface area contributed by atoms with Crippen LogP contribution in [-0.2, 0) is 29.9 Å². The number of nitrogens with zero attached hydrogens (tertiary/aromatic N) is 4. The molecule has 0 spiro atoms. The molecule has 6 aromatic rings. The second-order valence-corrected chi connectivity index (χ2v) is 11.2. The van der Waals surface area contributed by atoms with Crippen LogP contribution >= 0.6 is 23.2 Å². The average Bonchev–Trinajstić information content (AvgIpc) is 3.67. The second-order valence-electron chi connectivity index (χ2n) is 10.3. The van der Waals surface area contributed by atoms with Crippen LogP contribution in [0, 0.1) is 0 Å². The fourth-order valence-corrected chi connectivity index (χ4v) is 4.95. The molecule has 0 unspecified atom stereocenters. The maximum absolute atomic E-state index is 13.1. The Bertz CT molecular complexity index is 2230. The number of esters is 1. The maximum Gasteiger partial charge on any atom is 1.00 e. The standard InChI is InChI=1S/C17H12ClF3N2O3.C15H8ClF3N2O3.CH4.Na.H2O/c1-2-25-16(24)14-15(17(19,20)21)23-13(26-14)6-9-3-4-12-10(5-9)7-11(18)8-22-12;16-9-5-8-3-7(1-2-10(8)20-6-9)4-11-21-13(15(17,18)19)12(24-11)14(22)23;;;/h3-5,7-8H,2,6H2,1H3;1-3,5-6H,4H2,(H,22,23);1H4;;1H2/q;;;+1;/p-1. The molecule has 0 saturated carbocycles. The van der Waals surface area contributed by atoms with Crippen LogP contribution in [0.15, 0.2) is 69.8 Å². The summed E-state index contributed by atoms with van der Waals surface area (Å²) < 4.78 is 92.1. The van der Waals surface area contributed by atoms with E-state index < -0.39 is 47.2 Å². The van der Waals surface area contributed by atoms with Crippen molar-refractivity contribution in [1.82, 2.24) is 19.9 Å². The van der Waals surface area contributed by atoms with Crippen LogP contribution in [0.4, 0.5) is 26.3 Å². The minimum atomic E-state index is -4.91. The minimum Gasteiger partial charge on any atom is -0.870 e. The third-order valence-corrected chi connectivity index (χ3v) is 7.08. The molecule has 0 atom stereocenters. The van der Waals surface area contributed by atoms with Gasteiger partial charge in [0.25, 0.3) is 0 Å². The normalized spacial score (nSPS) is 11.1. The third kappa shape index (κ3) is 11.1. The Hall–Kier alpha value is -4.26. The summed E-state index contributed by atoms with van der Waals surface area (Å²) >= 11 is 11.8. The zero-order valence-corrected chi connectivity index (χ0v) is 30.2. The van der Waals surface area contributed by atoms with E-state index in [-0.39, 0.29) is 73.7 Å². The number of rotatable bonds is 7. The van der Waals surface area contributed by atoms with Gasteiger partial charge in [0.05, 0.1) is 27.7 Å². The Balaban J connectivity index is 0.000000348. The maximum atomic E-state index is 13.1. The Morgan fingerprint density at radius 3 is 1.55 bits per heavy atom. The van der Waals surface area contributed by atoms with E-state index >= 15 is 0 Å². The van der Waals surface area contributed by atoms with Gasteiger partial charge >= 0.3 is 53.8 Å². The molecule has 0 saturated heterocycles. The van der Waals surface area contributed by atoms with Gasteiger partial charge in [-0.3, -0.25) is 9.97 Å². The number of aromatic carboxylic acids is 1. The van der Waals surface area contributed by atoms with Crippen molar-refractivity contribution in [2.45, 2.75) is 39.5 Å². The number of fused-ring (bicyclic) bond motifs is 2. The molecule has 0 aliphatic carbocycles. The van der Waals surface area contributed by atoms with Crippen molar-refractivity contribution in [1.29, 1.82) is 0 Å². The van der Waals surface area contributed by atoms with Crippen molar-refractivity contribution >= 4 is 56.9 Å². The van der Waals surface area contributed by atoms with Gasteiger partial charge in [-0.1, -0.05) is 42.8 Å². The van der Waals surface area contributed by atoms with Crippen LogP contribution in [0.2, 0.25) is 10.0 Å². The van der Waals surface area contributed by atoms with Gasteiger partial charge < -0.3 is 24.2 Å². The molecule has 2 aromatic carbocycles. The Labute approximate surface area is 327 Å². The number of benzene rings is 2. The van der Waals surface area contributed by atoms with Crippen LogP contribution in [0.5, 0.6) is 0 Å². The number of hydrogen-bond acceptors (Lipinski definition) is 10. The summed E-state index contributed by atoms with van der Waals surface area (Å²) in [6.07, 6.45) is -6.89. The minimum absolute atomic E-state index is 0. The van der Waals surface area contributed by atoms with Crippen LogP contribution in [0.3, 0.4) is 0 Å². The number of ether oxygens (including phenoxy) is 1. The third-order valence-electron chi connectivity index (χ3n) is 6.67. The second kappa shape index (κ2) is 18.2. The number of halogens is 8. The molecule has 53 heavy (non-hydrogen) atoms. The number of hydrogen-bond donors (Lipinski definition) is 1. The zero-order valence-electron chi connectivity index (χ0n) is 26.6. The van der Waals surface area contributed by atoms with Crippen molar-refractivity contribution in [3.05, 3.63) is 117 Å². The van der Waals surface area contributed by atoms with Gasteiger partial charge in [0, 0.05) is 36.0 Å². The zero-order chi connectivity index (χ0) is 36.4. The van der Waals surface area contributed by atoms with E-state index in [0.29, 0.717) is 37.6 Å². The molecule has 2 N–H and O–H groups in total. The Morgan fingerprint density at radius 1 is 0.755 bits per heavy atom. The molecule has 20 heteroatoms. The van der Waals surface area contributed by atoms with Crippen molar-refractivity contribution in [3.63, 3.8) is 0 Å². The van der Waals surface area contributed by atoms with Gasteiger partial charge in [0.15, 0.2) is 23.2 Å². The van der Waals surface area contributed by atoms with E-state index in [9.17, 15) is 35.9 Å². The molecule has 4 heterocycles. The van der Waals surface area contributed by atoms with E-state index in [4.69, 9.17) is 37.1 Å². The number of carbonyl (C=O) groups excluding carboxylic acids is 1. The number of carboxylic acids is 1. The van der Waals surface area contributed by atoms with E-state index in [1.54, 1.807) is 48.5 Å². The monoisotopic (exact) mass is 796 g/mol. The van der Waals surface area contributed by atoms with Crippen molar-refractivity contribution < 1.29 is 89.6 Å². The number of carbonyl (C=O) groups is 2. The van der Waals surface area contributed by atoms with Gasteiger partial charge in [0.2, 0.25) is 11.5 Å². The topological polar surface area (TPSA) is 171 Å². The molecular formula is C33H25Cl2F6N4NaO7. The van der Waals surface area contributed by atoms with Crippen LogP contribution in [0.25, 0.3) is 21.8 Å². The summed E-state index contributed by atoms with van der Waals surface area (Å²) in [6.45, 7) is 1.40. The van der Waals surface area contributed by atoms with Gasteiger partial charge in [-0.15, -0.1) is 0 Å². The van der Waals surface area contributed by atoms with Gasteiger partial charge in [-0.25, -0.2) is 19.6 Å². The van der Waals surface area contributed by atoms with E-state index in [1.165, 1.54) is 19.3 Å². The summed E-state index contributed by atoms with van der Waals surface area (Å²) in [6, 6.07) is 13.4. The summed E-state index contributed by atoms with van der Waals surface area (Å²) in [5, 5.41) is 11.1. The van der Waals surface area contributed by atoms with E-state index in [0.717, 1.165) is 5.39 Å². The first-order chi connectivity index (χ1) is 23.5. The van der Waals surface area contributed by atoms with Crippen molar-refractivity contribution in [2.75, 3.05) is 6.61 Å². The molecule has 0 amide bonds. The van der Waals surface area contributed by atoms with Crippen molar-refractivity contribution in [3.8, 4) is 0 Å². The van der Waals surface area contributed by atoms with Crippen LogP contribution in [0.1, 0.15) is 69.8 Å². The Morgan fingerprint density at radius 2 is 1.17 bits per heavy atom. The summed E-state index contributed by atoms with van der Waals surface area (Å²) in [5.41, 5.74) is -0.371. The van der Waals surface area contributed by atoms with Gasteiger partial charge in [0.1, 0.15) is 0 Å². The molecule has 0 bridgehead atoms. The number of carboxylic acid groups (broad SMARTS) is 1. The summed E-state index contributed by atoms with van der Waals surface area (Å²) in [7, 11) is 0. The molecule has 0 aliphatic heterocycles. The molecule has 276 valence electrons. The first kappa shape index (κ1) is 44.9. The van der Waals surface area contributed by atoms with Crippen LogP contribution in [-0.4, -0.2) is 49.1 Å². The summed E-state index contributed by atoms with van der Waals surface area (Å²) in [4.78, 5) is 37.6. The summed E-state index contributed by atoms with van der Waals surface area (Å²) in [5.74, 6) is -5.77. The molecule has 0 fully saturated rings. The SMILES string of the molecule is C.CCOC(=O)c1oc(Cc2ccc3ncc(Cl)cc3c2)nc1C(F)(F)F.O=C(O)c1oc(Cc2ccc3ncc(Cl)cc3c2)nc1C(F)(F)F.[Na+].[OH-]. The fraction of sp³-hybridized carbons (Fsp3) is 0.212. The number of aromatic nitrogens is 4. The molecule has 11 nitrogen and oxygen atoms in total. The van der Waals surface area contributed by atoms with Gasteiger partial charge in [-0.05, 0) is 54.4 Å². The molecule has 0 radical (unpaired) electrons. The fourth-order valence-electron chi connectivity index (χ4n) is 4.62. The quantitative estimate of drug-likeness (QED) is 0.109. The molecule has 4 aromatic heterocycles. The predicted molar refractivity (Wildman–Crippen MR) is 174 cm³/mol. The first-order valence-corrected chi connectivity index (χ1v) is 14.9. The van der Waals surface area contributed by atoms with Crippen LogP contribution < -0.4 is 29.6 Å². The Kier molecular flexibility index (Phi) is 15.4. The first-order valence-electron chi connectivity index (χ1n) is 14.1. The van der Waals surface area contributed by atoms with E-state index in [2.05, 4.69) is 24.7 Å². The smallest absolute Gasteiger partial charge is 0.870 e. The largest absolute Gasteiger partial charge is 1.00 e. The van der Waals surface area contributed by atoms with E-state index in [1.807, 2.05) is 0 Å². The average molecular weight is 797 g/mol. The van der Waals surface area contributed by atoms with Crippen molar-refractivity contribution in [2.24, 2.45) is 0 Å².